The third-order valence-electron chi connectivity index (χ3n) is 4.16. The van der Waals surface area contributed by atoms with Gasteiger partial charge in [-0.05, 0) is 18.6 Å². The van der Waals surface area contributed by atoms with Gasteiger partial charge in [-0.15, -0.1) is 0 Å². The predicted octanol–water partition coefficient (Wildman–Crippen LogP) is 4.00. The molecule has 2 heterocycles. The van der Waals surface area contributed by atoms with Crippen LogP contribution in [0.5, 0.6) is 5.19 Å². The van der Waals surface area contributed by atoms with Crippen molar-refractivity contribution in [2.75, 3.05) is 13.1 Å². The number of halogens is 1. The van der Waals surface area contributed by atoms with Crippen molar-refractivity contribution >= 4 is 27.5 Å². The van der Waals surface area contributed by atoms with E-state index in [2.05, 4.69) is 11.9 Å². The molecule has 1 aliphatic rings. The molecule has 6 heteroatoms. The molecule has 0 aliphatic carbocycles. The number of thiazole rings is 1. The monoisotopic (exact) mass is 336 g/mol. The van der Waals surface area contributed by atoms with Gasteiger partial charge in [-0.2, -0.15) is 4.98 Å². The zero-order valence-corrected chi connectivity index (χ0v) is 14.1. The quantitative estimate of drug-likeness (QED) is 0.829. The summed E-state index contributed by atoms with van der Waals surface area (Å²) in [6, 6.07) is 4.93. The van der Waals surface area contributed by atoms with Gasteiger partial charge in [0.25, 0.3) is 5.19 Å². The molecule has 0 spiro atoms. The smallest absolute Gasteiger partial charge is 0.274 e. The van der Waals surface area contributed by atoms with Crippen molar-refractivity contribution in [2.45, 2.75) is 45.1 Å². The summed E-state index contributed by atoms with van der Waals surface area (Å²) in [5.74, 6) is -0.0719. The minimum absolute atomic E-state index is 0.0499. The van der Waals surface area contributed by atoms with Gasteiger partial charge >= 0.3 is 0 Å². The molecule has 1 amide bonds. The van der Waals surface area contributed by atoms with E-state index in [1.54, 1.807) is 6.07 Å². The number of piperidine rings is 1. The number of likely N-dealkylation sites (tertiary alicyclic amines) is 1. The van der Waals surface area contributed by atoms with Crippen LogP contribution in [0.3, 0.4) is 0 Å². The highest BCUT2D eigenvalue weighted by atomic mass is 32.1. The molecule has 2 aromatic rings. The topological polar surface area (TPSA) is 42.4 Å². The Morgan fingerprint density at radius 1 is 1.43 bits per heavy atom. The number of hydrogen-bond acceptors (Lipinski definition) is 4. The van der Waals surface area contributed by atoms with Crippen LogP contribution < -0.4 is 4.74 Å². The number of para-hydroxylation sites is 1. The number of amides is 1. The number of hydrogen-bond donors (Lipinski definition) is 0. The molecule has 0 bridgehead atoms. The van der Waals surface area contributed by atoms with Crippen molar-refractivity contribution < 1.29 is 13.9 Å². The number of unbranched alkanes of at least 4 members (excludes halogenated alkanes) is 1. The summed E-state index contributed by atoms with van der Waals surface area (Å²) in [5.41, 5.74) is 0.375. The maximum absolute atomic E-state index is 13.7. The van der Waals surface area contributed by atoms with Gasteiger partial charge in [-0.25, -0.2) is 4.39 Å². The van der Waals surface area contributed by atoms with Crippen LogP contribution in [0.15, 0.2) is 18.2 Å². The molecule has 0 unspecified atom stereocenters. The summed E-state index contributed by atoms with van der Waals surface area (Å²) in [6.45, 7) is 3.55. The normalized spacial score (nSPS) is 16.0. The molecule has 124 valence electrons. The lowest BCUT2D eigenvalue weighted by Gasteiger charge is -2.31. The summed E-state index contributed by atoms with van der Waals surface area (Å²) in [6.07, 6.45) is 4.28. The predicted molar refractivity (Wildman–Crippen MR) is 89.3 cm³/mol. The Bertz CT molecular complexity index is 680. The second-order valence-corrected chi connectivity index (χ2v) is 6.86. The molecular weight excluding hydrogens is 315 g/mol. The lowest BCUT2D eigenvalue weighted by Crippen LogP contribution is -2.41. The largest absolute Gasteiger partial charge is 0.467 e. The lowest BCUT2D eigenvalue weighted by molar-refractivity contribution is -0.133. The van der Waals surface area contributed by atoms with Gasteiger partial charge < -0.3 is 9.64 Å². The fourth-order valence-electron chi connectivity index (χ4n) is 2.80. The Kier molecular flexibility index (Phi) is 5.10. The van der Waals surface area contributed by atoms with Crippen molar-refractivity contribution in [1.29, 1.82) is 0 Å². The van der Waals surface area contributed by atoms with Crippen LogP contribution in [-0.2, 0) is 4.79 Å². The zero-order chi connectivity index (χ0) is 16.2. The highest BCUT2D eigenvalue weighted by Crippen LogP contribution is 2.31. The first-order valence-corrected chi connectivity index (χ1v) is 8.98. The van der Waals surface area contributed by atoms with Crippen molar-refractivity contribution in [3.63, 3.8) is 0 Å². The number of carbonyl (C=O) groups is 1. The standard InChI is InChI=1S/C17H21FN2O2S/c1-2-3-7-15(21)20-10-8-12(9-11-20)22-17-19-16-13(18)5-4-6-14(16)23-17/h4-6,12H,2-3,7-11H2,1H3. The highest BCUT2D eigenvalue weighted by Gasteiger charge is 2.24. The number of nitrogens with zero attached hydrogens (tertiary/aromatic N) is 2. The third kappa shape index (κ3) is 3.80. The van der Waals surface area contributed by atoms with Crippen LogP contribution in [0.2, 0.25) is 0 Å². The maximum atomic E-state index is 13.7. The van der Waals surface area contributed by atoms with Gasteiger partial charge in [-0.1, -0.05) is 30.7 Å². The maximum Gasteiger partial charge on any atom is 0.274 e. The van der Waals surface area contributed by atoms with E-state index in [-0.39, 0.29) is 17.8 Å². The third-order valence-corrected chi connectivity index (χ3v) is 5.07. The highest BCUT2D eigenvalue weighted by molar-refractivity contribution is 7.20. The van der Waals surface area contributed by atoms with Gasteiger partial charge in [0.2, 0.25) is 5.91 Å². The van der Waals surface area contributed by atoms with Gasteiger partial charge in [-0.3, -0.25) is 4.79 Å². The van der Waals surface area contributed by atoms with Gasteiger partial charge in [0.1, 0.15) is 17.4 Å². The van der Waals surface area contributed by atoms with Crippen molar-refractivity contribution in [1.82, 2.24) is 9.88 Å². The number of benzene rings is 1. The van der Waals surface area contributed by atoms with Crippen LogP contribution in [-0.4, -0.2) is 35.0 Å². The summed E-state index contributed by atoms with van der Waals surface area (Å²) < 4.78 is 20.4. The van der Waals surface area contributed by atoms with Gasteiger partial charge in [0, 0.05) is 32.4 Å². The van der Waals surface area contributed by atoms with E-state index in [1.807, 2.05) is 11.0 Å². The molecule has 0 radical (unpaired) electrons. The molecule has 0 saturated carbocycles. The molecule has 0 N–H and O–H groups in total. The van der Waals surface area contributed by atoms with Crippen molar-refractivity contribution in [3.8, 4) is 5.19 Å². The van der Waals surface area contributed by atoms with E-state index in [4.69, 9.17) is 4.74 Å². The Morgan fingerprint density at radius 3 is 2.91 bits per heavy atom. The Labute approximate surface area is 139 Å². The van der Waals surface area contributed by atoms with Crippen LogP contribution in [0.1, 0.15) is 39.0 Å². The average molecular weight is 336 g/mol. The molecular formula is C17H21FN2O2S. The molecule has 4 nitrogen and oxygen atoms in total. The molecule has 0 atom stereocenters. The molecule has 1 fully saturated rings. The Morgan fingerprint density at radius 2 is 2.22 bits per heavy atom. The van der Waals surface area contributed by atoms with Crippen LogP contribution >= 0.6 is 11.3 Å². The second-order valence-electron chi connectivity index (χ2n) is 5.87. The SMILES string of the molecule is CCCCC(=O)N1CCC(Oc2nc3c(F)cccc3s2)CC1. The first-order valence-electron chi connectivity index (χ1n) is 8.17. The summed E-state index contributed by atoms with van der Waals surface area (Å²) >= 11 is 1.37. The molecule has 1 aromatic carbocycles. The molecule has 1 aliphatic heterocycles. The summed E-state index contributed by atoms with van der Waals surface area (Å²) in [5, 5.41) is 0.515. The van der Waals surface area contributed by atoms with Crippen molar-refractivity contribution in [2.24, 2.45) is 0 Å². The Hall–Kier alpha value is -1.69. The zero-order valence-electron chi connectivity index (χ0n) is 13.3. The average Bonchev–Trinajstić information content (AvgIpc) is 2.97. The number of ether oxygens (including phenoxy) is 1. The molecule has 23 heavy (non-hydrogen) atoms. The van der Waals surface area contributed by atoms with Crippen LogP contribution in [0.25, 0.3) is 10.2 Å². The molecule has 1 aromatic heterocycles. The van der Waals surface area contributed by atoms with E-state index < -0.39 is 0 Å². The first kappa shape index (κ1) is 16.2. The van der Waals surface area contributed by atoms with Gasteiger partial charge in [0.15, 0.2) is 0 Å². The second kappa shape index (κ2) is 7.25. The number of aromatic nitrogens is 1. The summed E-state index contributed by atoms with van der Waals surface area (Å²) in [4.78, 5) is 18.2. The van der Waals surface area contributed by atoms with E-state index >= 15 is 0 Å². The van der Waals surface area contributed by atoms with Crippen LogP contribution in [0, 0.1) is 5.82 Å². The van der Waals surface area contributed by atoms with E-state index in [0.717, 1.165) is 43.5 Å². The van der Waals surface area contributed by atoms with Gasteiger partial charge in [0.05, 0.1) is 4.70 Å². The number of carbonyl (C=O) groups excluding carboxylic acids is 1. The number of fused-ring (bicyclic) bond motifs is 1. The molecule has 3 rings (SSSR count). The minimum Gasteiger partial charge on any atom is -0.467 e. The molecule has 1 saturated heterocycles. The lowest BCUT2D eigenvalue weighted by atomic mass is 10.1. The fourth-order valence-corrected chi connectivity index (χ4v) is 3.69. The van der Waals surface area contributed by atoms with E-state index in [1.165, 1.54) is 17.4 Å². The Balaban J connectivity index is 1.55. The minimum atomic E-state index is -0.315. The first-order chi connectivity index (χ1) is 11.2. The van der Waals surface area contributed by atoms with Crippen molar-refractivity contribution in [3.05, 3.63) is 24.0 Å². The van der Waals surface area contributed by atoms with E-state index in [9.17, 15) is 9.18 Å². The fraction of sp³-hybridized carbons (Fsp3) is 0.529. The number of rotatable bonds is 5. The summed E-state index contributed by atoms with van der Waals surface area (Å²) in [7, 11) is 0. The van der Waals surface area contributed by atoms with Crippen LogP contribution in [0.4, 0.5) is 4.39 Å². The van der Waals surface area contributed by atoms with E-state index in [0.29, 0.717) is 17.1 Å².